The van der Waals surface area contributed by atoms with Crippen molar-refractivity contribution in [2.24, 2.45) is 0 Å². The molecule has 2 N–H and O–H groups in total. The number of carboxylic acid groups (broad SMARTS) is 1. The fourth-order valence-corrected chi connectivity index (χ4v) is 2.30. The maximum atomic E-state index is 12.3. The number of carboxylic acids is 1. The van der Waals surface area contributed by atoms with Gasteiger partial charge < -0.3 is 15.0 Å². The zero-order valence-corrected chi connectivity index (χ0v) is 12.2. The van der Waals surface area contributed by atoms with Gasteiger partial charge in [0.25, 0.3) is 5.91 Å². The summed E-state index contributed by atoms with van der Waals surface area (Å²) < 4.78 is 0. The fourth-order valence-electron chi connectivity index (χ4n) is 2.30. The smallest absolute Gasteiger partial charge is 0.323 e. The van der Waals surface area contributed by atoms with Crippen LogP contribution in [0.3, 0.4) is 0 Å². The maximum absolute atomic E-state index is 12.3. The summed E-state index contributed by atoms with van der Waals surface area (Å²) >= 11 is 0. The number of carbonyl (C=O) groups excluding carboxylic acids is 2. The van der Waals surface area contributed by atoms with Gasteiger partial charge in [0, 0.05) is 18.3 Å². The number of carbonyl (C=O) groups is 3. The lowest BCUT2D eigenvalue weighted by molar-refractivity contribution is -0.137. The van der Waals surface area contributed by atoms with Crippen LogP contribution >= 0.6 is 0 Å². The van der Waals surface area contributed by atoms with E-state index >= 15 is 0 Å². The molecule has 0 spiro atoms. The molecule has 0 bridgehead atoms. The van der Waals surface area contributed by atoms with Crippen LogP contribution in [-0.4, -0.2) is 46.2 Å². The third kappa shape index (κ3) is 3.26. The number of amides is 1. The Morgan fingerprint density at radius 1 is 1.30 bits per heavy atom. The van der Waals surface area contributed by atoms with Crippen molar-refractivity contribution in [3.63, 3.8) is 0 Å². The average molecular weight is 280 g/mol. The fraction of sp³-hybridized carbons (Fsp3) is 0.500. The first kappa shape index (κ1) is 15.9. The highest BCUT2D eigenvalue weighted by atomic mass is 16.4. The number of nitrogens with zero attached hydrogens (tertiary/aromatic N) is 1. The molecule has 0 aliphatic rings. The molecule has 6 heteroatoms. The second-order valence-corrected chi connectivity index (χ2v) is 4.84. The Balaban J connectivity index is 3.23. The molecule has 0 saturated carbocycles. The molecule has 0 aliphatic carbocycles. The lowest BCUT2D eigenvalue weighted by atomic mass is 10.0. The zero-order chi connectivity index (χ0) is 15.4. The predicted octanol–water partition coefficient (Wildman–Crippen LogP) is 1.63. The zero-order valence-electron chi connectivity index (χ0n) is 12.2. The maximum Gasteiger partial charge on any atom is 0.323 e. The van der Waals surface area contributed by atoms with Gasteiger partial charge in [-0.3, -0.25) is 14.4 Å². The van der Waals surface area contributed by atoms with Gasteiger partial charge in [0.15, 0.2) is 5.78 Å². The molecular weight excluding hydrogens is 260 g/mol. The van der Waals surface area contributed by atoms with E-state index in [0.717, 1.165) is 11.3 Å². The van der Waals surface area contributed by atoms with Crippen LogP contribution in [-0.2, 0) is 11.2 Å². The van der Waals surface area contributed by atoms with E-state index in [2.05, 4.69) is 4.98 Å². The van der Waals surface area contributed by atoms with Crippen LogP contribution in [0.15, 0.2) is 0 Å². The first-order chi connectivity index (χ1) is 9.29. The number of aliphatic carboxylic acids is 1. The Labute approximate surface area is 117 Å². The number of hydrogen-bond donors (Lipinski definition) is 2. The topological polar surface area (TPSA) is 90.5 Å². The van der Waals surface area contributed by atoms with Crippen LogP contribution in [0.25, 0.3) is 0 Å². The summed E-state index contributed by atoms with van der Waals surface area (Å²) in [7, 11) is 1.43. The number of nitrogens with one attached hydrogen (secondary N) is 1. The quantitative estimate of drug-likeness (QED) is 0.775. The number of aromatic nitrogens is 1. The lowest BCUT2D eigenvalue weighted by Gasteiger charge is -2.14. The molecule has 1 heterocycles. The summed E-state index contributed by atoms with van der Waals surface area (Å²) in [6.07, 6.45) is 1.39. The molecule has 1 aromatic heterocycles. The molecule has 20 heavy (non-hydrogen) atoms. The third-order valence-corrected chi connectivity index (χ3v) is 3.08. The summed E-state index contributed by atoms with van der Waals surface area (Å²) in [4.78, 5) is 38.7. The molecule has 0 aromatic carbocycles. The molecular formula is C14H20N2O4. The van der Waals surface area contributed by atoms with Gasteiger partial charge in [0.05, 0.1) is 0 Å². The van der Waals surface area contributed by atoms with Crippen molar-refractivity contribution in [1.82, 2.24) is 9.88 Å². The van der Waals surface area contributed by atoms with Gasteiger partial charge in [-0.25, -0.2) is 0 Å². The van der Waals surface area contributed by atoms with E-state index < -0.39 is 11.9 Å². The van der Waals surface area contributed by atoms with Crippen LogP contribution in [0.2, 0.25) is 0 Å². The highest BCUT2D eigenvalue weighted by Gasteiger charge is 2.24. The number of aryl methyl sites for hydroxylation is 1. The Morgan fingerprint density at radius 2 is 1.90 bits per heavy atom. The van der Waals surface area contributed by atoms with Crippen molar-refractivity contribution in [1.29, 1.82) is 0 Å². The number of likely N-dealkylation sites (N-methyl/N-ethyl adjacent to an activating group) is 1. The van der Waals surface area contributed by atoms with Crippen molar-refractivity contribution in [3.8, 4) is 0 Å². The van der Waals surface area contributed by atoms with Crippen molar-refractivity contribution >= 4 is 17.7 Å². The summed E-state index contributed by atoms with van der Waals surface area (Å²) in [6.45, 7) is 4.79. The van der Waals surface area contributed by atoms with Crippen LogP contribution in [0.1, 0.15) is 52.4 Å². The number of rotatable bonds is 6. The van der Waals surface area contributed by atoms with Crippen molar-refractivity contribution in [3.05, 3.63) is 22.5 Å². The van der Waals surface area contributed by atoms with Crippen LogP contribution in [0.5, 0.6) is 0 Å². The van der Waals surface area contributed by atoms with E-state index in [1.807, 2.05) is 6.92 Å². The highest BCUT2D eigenvalue weighted by molar-refractivity contribution is 6.03. The Hall–Kier alpha value is -2.11. The molecule has 0 aliphatic heterocycles. The monoisotopic (exact) mass is 280 g/mol. The standard InChI is InChI=1S/C14H20N2O4/c1-5-6-10-12(9(3)17)8(2)15-13(10)14(20)16(4)7-11(18)19/h15H,5-7H2,1-4H3,(H,18,19). The normalized spacial score (nSPS) is 10.4. The molecule has 0 saturated heterocycles. The first-order valence-electron chi connectivity index (χ1n) is 6.49. The molecule has 1 amide bonds. The molecule has 1 aromatic rings. The van der Waals surface area contributed by atoms with Gasteiger partial charge in [-0.1, -0.05) is 13.3 Å². The van der Waals surface area contributed by atoms with Gasteiger partial charge >= 0.3 is 5.97 Å². The van der Waals surface area contributed by atoms with E-state index in [1.165, 1.54) is 14.0 Å². The lowest BCUT2D eigenvalue weighted by Crippen LogP contribution is -2.32. The van der Waals surface area contributed by atoms with Crippen molar-refractivity contribution in [2.45, 2.75) is 33.6 Å². The van der Waals surface area contributed by atoms with E-state index in [4.69, 9.17) is 5.11 Å². The molecule has 1 rings (SSSR count). The van der Waals surface area contributed by atoms with E-state index in [-0.39, 0.29) is 12.3 Å². The van der Waals surface area contributed by atoms with E-state index in [1.54, 1.807) is 6.92 Å². The minimum absolute atomic E-state index is 0.0952. The number of aromatic amines is 1. The summed E-state index contributed by atoms with van der Waals surface area (Å²) in [5.41, 5.74) is 2.19. The predicted molar refractivity (Wildman–Crippen MR) is 74.1 cm³/mol. The Bertz CT molecular complexity index is 546. The molecule has 6 nitrogen and oxygen atoms in total. The van der Waals surface area contributed by atoms with Crippen LogP contribution in [0.4, 0.5) is 0 Å². The molecule has 0 radical (unpaired) electrons. The van der Waals surface area contributed by atoms with E-state index in [9.17, 15) is 14.4 Å². The van der Waals surface area contributed by atoms with Gasteiger partial charge in [-0.15, -0.1) is 0 Å². The van der Waals surface area contributed by atoms with Gasteiger partial charge in [-0.2, -0.15) is 0 Å². The van der Waals surface area contributed by atoms with Gasteiger partial charge in [-0.05, 0) is 25.8 Å². The second kappa shape index (κ2) is 6.36. The second-order valence-electron chi connectivity index (χ2n) is 4.84. The Morgan fingerprint density at radius 3 is 2.35 bits per heavy atom. The molecule has 0 unspecified atom stereocenters. The SMILES string of the molecule is CCCc1c(C(=O)N(C)CC(=O)O)[nH]c(C)c1C(C)=O. The van der Waals surface area contributed by atoms with Crippen molar-refractivity contribution < 1.29 is 19.5 Å². The molecule has 0 fully saturated rings. The number of H-pyrrole nitrogens is 1. The number of hydrogen-bond acceptors (Lipinski definition) is 3. The number of Topliss-reactive ketones (excluding diaryl/α,β-unsaturated/α-hetero) is 1. The minimum atomic E-state index is -1.08. The molecule has 0 atom stereocenters. The largest absolute Gasteiger partial charge is 0.480 e. The van der Waals surface area contributed by atoms with Gasteiger partial charge in [0.2, 0.25) is 0 Å². The van der Waals surface area contributed by atoms with Crippen LogP contribution in [0, 0.1) is 6.92 Å². The van der Waals surface area contributed by atoms with Crippen LogP contribution < -0.4 is 0 Å². The number of ketones is 1. The summed E-state index contributed by atoms with van der Waals surface area (Å²) in [5.74, 6) is -1.58. The van der Waals surface area contributed by atoms with E-state index in [0.29, 0.717) is 28.9 Å². The minimum Gasteiger partial charge on any atom is -0.480 e. The summed E-state index contributed by atoms with van der Waals surface area (Å²) in [6, 6.07) is 0. The Kier molecular flexibility index (Phi) is 5.07. The van der Waals surface area contributed by atoms with Gasteiger partial charge in [0.1, 0.15) is 12.2 Å². The van der Waals surface area contributed by atoms with Crippen molar-refractivity contribution in [2.75, 3.05) is 13.6 Å². The highest BCUT2D eigenvalue weighted by Crippen LogP contribution is 2.22. The molecule has 110 valence electrons. The average Bonchev–Trinajstić information content (AvgIpc) is 2.64. The summed E-state index contributed by atoms with van der Waals surface area (Å²) in [5, 5.41) is 8.74. The first-order valence-corrected chi connectivity index (χ1v) is 6.49. The third-order valence-electron chi connectivity index (χ3n) is 3.08.